The van der Waals surface area contributed by atoms with Crippen LogP contribution >= 0.6 is 0 Å². The molecule has 0 aliphatic heterocycles. The van der Waals surface area contributed by atoms with Crippen molar-refractivity contribution >= 4 is 6.16 Å². The lowest BCUT2D eigenvalue weighted by Gasteiger charge is -2.20. The van der Waals surface area contributed by atoms with Crippen LogP contribution in [0.5, 0.6) is 0 Å². The molecule has 0 aromatic carbocycles. The Morgan fingerprint density at radius 1 is 1.08 bits per heavy atom. The predicted molar refractivity (Wildman–Crippen MR) is 50.0 cm³/mol. The van der Waals surface area contributed by atoms with E-state index in [2.05, 4.69) is 11.3 Å². The van der Waals surface area contributed by atoms with Crippen molar-refractivity contribution in [3.63, 3.8) is 0 Å². The third-order valence-corrected chi connectivity index (χ3v) is 0.830. The quantitative estimate of drug-likeness (QED) is 0.590. The van der Waals surface area contributed by atoms with Gasteiger partial charge in [0.05, 0.1) is 0 Å². The Hall–Kier alpha value is -0.730. The van der Waals surface area contributed by atoms with E-state index in [1.54, 1.807) is 20.8 Å². The standard InChI is InChI=1S/C10H18O3/c1-9(2,3)7-12-8(11)13-10(4,5)6/h1-6H3. The van der Waals surface area contributed by atoms with Gasteiger partial charge in [-0.25, -0.2) is 4.79 Å². The molecule has 3 nitrogen and oxygen atoms in total. The lowest BCUT2D eigenvalue weighted by atomic mass is 9.99. The average Bonchev–Trinajstić information content (AvgIpc) is 1.78. The van der Waals surface area contributed by atoms with Crippen LogP contribution in [0.1, 0.15) is 41.5 Å². The summed E-state index contributed by atoms with van der Waals surface area (Å²) >= 11 is 0. The number of carbonyl (C=O) groups excluding carboxylic acids is 1. The number of rotatable bonds is 1. The molecule has 3 heteroatoms. The Balaban J connectivity index is 3.78. The molecule has 0 N–H and O–H groups in total. The highest BCUT2D eigenvalue weighted by molar-refractivity contribution is 5.61. The predicted octanol–water partition coefficient (Wildman–Crippen LogP) is 3.02. The molecule has 0 aromatic rings. The van der Waals surface area contributed by atoms with E-state index in [0.29, 0.717) is 0 Å². The number of hydrogen-bond donors (Lipinski definition) is 0. The lowest BCUT2D eigenvalue weighted by Crippen LogP contribution is -2.25. The first-order chi connectivity index (χ1) is 5.60. The largest absolute Gasteiger partial charge is 0.509 e. The molecule has 13 heavy (non-hydrogen) atoms. The van der Waals surface area contributed by atoms with Gasteiger partial charge >= 0.3 is 6.16 Å². The van der Waals surface area contributed by atoms with Crippen LogP contribution in [0.3, 0.4) is 0 Å². The first kappa shape index (κ1) is 12.3. The Labute approximate surface area is 80.4 Å². The van der Waals surface area contributed by atoms with Gasteiger partial charge in [0.15, 0.2) is 0 Å². The molecule has 0 saturated carbocycles. The molecule has 0 bridgehead atoms. The minimum atomic E-state index is -0.706. The summed E-state index contributed by atoms with van der Waals surface area (Å²) in [6.07, 6.45) is -0.706. The van der Waals surface area contributed by atoms with Gasteiger partial charge in [0.25, 0.3) is 0 Å². The molecule has 0 saturated heterocycles. The van der Waals surface area contributed by atoms with E-state index in [1.165, 1.54) is 0 Å². The van der Waals surface area contributed by atoms with Gasteiger partial charge in [-0.1, -0.05) is 20.8 Å². The fourth-order valence-corrected chi connectivity index (χ4v) is 0.466. The maximum absolute atomic E-state index is 11.0. The van der Waals surface area contributed by atoms with Gasteiger partial charge in [0, 0.05) is 5.41 Å². The molecule has 0 amide bonds. The van der Waals surface area contributed by atoms with E-state index in [0.717, 1.165) is 0 Å². The maximum atomic E-state index is 11.0. The summed E-state index contributed by atoms with van der Waals surface area (Å²) in [7, 11) is 0. The van der Waals surface area contributed by atoms with Gasteiger partial charge in [0.1, 0.15) is 5.60 Å². The van der Waals surface area contributed by atoms with E-state index in [9.17, 15) is 4.79 Å². The van der Waals surface area contributed by atoms with Crippen LogP contribution in [-0.2, 0) is 9.47 Å². The van der Waals surface area contributed by atoms with Crippen molar-refractivity contribution in [2.45, 2.75) is 47.1 Å². The highest BCUT2D eigenvalue weighted by Gasteiger charge is 2.21. The Morgan fingerprint density at radius 3 is 1.85 bits per heavy atom. The van der Waals surface area contributed by atoms with Gasteiger partial charge < -0.3 is 9.47 Å². The highest BCUT2D eigenvalue weighted by Crippen LogP contribution is 2.19. The summed E-state index contributed by atoms with van der Waals surface area (Å²) in [5.41, 5.74) is -0.784. The Morgan fingerprint density at radius 2 is 1.54 bits per heavy atom. The second kappa shape index (κ2) is 3.99. The smallest absolute Gasteiger partial charge is 0.429 e. The SMILES string of the molecule is CC(C)(C)[C]OC(=O)OC(C)(C)C. The molecule has 0 atom stereocenters. The second-order valence-electron chi connectivity index (χ2n) is 4.92. The van der Waals surface area contributed by atoms with Crippen LogP contribution in [0.2, 0.25) is 0 Å². The van der Waals surface area contributed by atoms with Crippen LogP contribution in [0.4, 0.5) is 4.79 Å². The first-order valence-electron chi connectivity index (χ1n) is 4.27. The summed E-state index contributed by atoms with van der Waals surface area (Å²) in [4.78, 5) is 11.0. The van der Waals surface area contributed by atoms with Gasteiger partial charge in [-0.05, 0) is 20.8 Å². The zero-order chi connectivity index (χ0) is 10.7. The van der Waals surface area contributed by atoms with E-state index >= 15 is 0 Å². The van der Waals surface area contributed by atoms with Crippen molar-refractivity contribution in [1.29, 1.82) is 0 Å². The monoisotopic (exact) mass is 186 g/mol. The average molecular weight is 186 g/mol. The minimum absolute atomic E-state index is 0.267. The molecule has 0 aromatic heterocycles. The third-order valence-electron chi connectivity index (χ3n) is 0.830. The van der Waals surface area contributed by atoms with Gasteiger partial charge in [-0.15, -0.1) is 0 Å². The van der Waals surface area contributed by atoms with E-state index in [-0.39, 0.29) is 5.41 Å². The van der Waals surface area contributed by atoms with Gasteiger partial charge in [-0.3, -0.25) is 0 Å². The van der Waals surface area contributed by atoms with Gasteiger partial charge in [0.2, 0.25) is 6.61 Å². The van der Waals surface area contributed by atoms with Crippen molar-refractivity contribution in [2.75, 3.05) is 0 Å². The summed E-state index contributed by atoms with van der Waals surface area (Å²) in [5, 5.41) is 0. The van der Waals surface area contributed by atoms with Gasteiger partial charge in [-0.2, -0.15) is 0 Å². The molecule has 0 unspecified atom stereocenters. The summed E-state index contributed by atoms with van der Waals surface area (Å²) in [6.45, 7) is 13.6. The molecule has 0 rings (SSSR count). The molecule has 0 fully saturated rings. The molecule has 0 aliphatic carbocycles. The minimum Gasteiger partial charge on any atom is -0.429 e. The molecule has 0 heterocycles. The fraction of sp³-hybridized carbons (Fsp3) is 0.800. The first-order valence-corrected chi connectivity index (χ1v) is 4.27. The lowest BCUT2D eigenvalue weighted by molar-refractivity contribution is -0.00297. The molecular weight excluding hydrogens is 168 g/mol. The fourth-order valence-electron chi connectivity index (χ4n) is 0.466. The van der Waals surface area contributed by atoms with Crippen molar-refractivity contribution in [3.05, 3.63) is 6.61 Å². The summed E-state index contributed by atoms with van der Waals surface area (Å²) in [6, 6.07) is 0. The second-order valence-corrected chi connectivity index (χ2v) is 4.92. The number of ether oxygens (including phenoxy) is 2. The van der Waals surface area contributed by atoms with E-state index < -0.39 is 11.8 Å². The Bertz CT molecular complexity index is 172. The highest BCUT2D eigenvalue weighted by atomic mass is 16.7. The van der Waals surface area contributed by atoms with Crippen LogP contribution in [0.25, 0.3) is 0 Å². The van der Waals surface area contributed by atoms with Crippen LogP contribution < -0.4 is 0 Å². The van der Waals surface area contributed by atoms with Crippen molar-refractivity contribution < 1.29 is 14.3 Å². The summed E-state index contributed by atoms with van der Waals surface area (Å²) in [5.74, 6) is 0. The topological polar surface area (TPSA) is 35.5 Å². The number of hydrogen-bond acceptors (Lipinski definition) is 3. The third kappa shape index (κ3) is 9.18. The molecule has 0 aliphatic rings. The zero-order valence-corrected chi connectivity index (χ0v) is 9.22. The number of carbonyl (C=O) groups is 1. The van der Waals surface area contributed by atoms with Crippen LogP contribution in [-0.4, -0.2) is 11.8 Å². The van der Waals surface area contributed by atoms with Crippen LogP contribution in [0, 0.1) is 12.0 Å². The molecular formula is C10H18O3. The maximum Gasteiger partial charge on any atom is 0.509 e. The van der Waals surface area contributed by atoms with E-state index in [4.69, 9.17) is 4.74 Å². The molecule has 0 spiro atoms. The van der Waals surface area contributed by atoms with Crippen molar-refractivity contribution in [1.82, 2.24) is 0 Å². The normalized spacial score (nSPS) is 12.5. The molecule has 76 valence electrons. The van der Waals surface area contributed by atoms with Crippen molar-refractivity contribution in [2.24, 2.45) is 5.41 Å². The Kier molecular flexibility index (Phi) is 3.76. The van der Waals surface area contributed by atoms with Crippen LogP contribution in [0.15, 0.2) is 0 Å². The van der Waals surface area contributed by atoms with Crippen molar-refractivity contribution in [3.8, 4) is 0 Å². The van der Waals surface area contributed by atoms with E-state index in [1.807, 2.05) is 20.8 Å². The zero-order valence-electron chi connectivity index (χ0n) is 9.22. The molecule has 2 radical (unpaired) electrons. The summed E-state index contributed by atoms with van der Waals surface area (Å²) < 4.78 is 9.58.